The van der Waals surface area contributed by atoms with Gasteiger partial charge in [-0.25, -0.2) is 9.78 Å². The topological polar surface area (TPSA) is 64.4 Å². The average Bonchev–Trinajstić information content (AvgIpc) is 2.68. The summed E-state index contributed by atoms with van der Waals surface area (Å²) in [6.07, 6.45) is 1.52. The van der Waals surface area contributed by atoms with E-state index in [-0.39, 0.29) is 12.2 Å². The number of carbonyl (C=O) groups is 1. The first kappa shape index (κ1) is 13.4. The molecule has 0 aliphatic heterocycles. The van der Waals surface area contributed by atoms with Crippen LogP contribution in [0, 0.1) is 6.92 Å². The fourth-order valence-electron chi connectivity index (χ4n) is 1.64. The summed E-state index contributed by atoms with van der Waals surface area (Å²) in [5.41, 5.74) is 1.00. The predicted octanol–water partition coefficient (Wildman–Crippen LogP) is 2.66. The number of rotatable bonds is 4. The van der Waals surface area contributed by atoms with Crippen molar-refractivity contribution in [2.24, 2.45) is 7.05 Å². The second-order valence-electron chi connectivity index (χ2n) is 4.15. The van der Waals surface area contributed by atoms with Crippen LogP contribution < -0.4 is 4.74 Å². The van der Waals surface area contributed by atoms with Crippen LogP contribution in [0.3, 0.4) is 0 Å². The zero-order chi connectivity index (χ0) is 14.0. The Kier molecular flexibility index (Phi) is 3.76. The summed E-state index contributed by atoms with van der Waals surface area (Å²) in [5.74, 6) is -0.0734. The van der Waals surface area contributed by atoms with Gasteiger partial charge in [0.2, 0.25) is 0 Å². The average molecular weight is 281 g/mol. The van der Waals surface area contributed by atoms with Gasteiger partial charge < -0.3 is 14.4 Å². The standard InChI is InChI=1S/C13H13ClN2O3/c1-8-3-4-10(9(5-8)13(17)18)19-7-12-15-6-11(14)16(12)2/h3-6H,7H2,1-2H3,(H,17,18). The Labute approximate surface area is 115 Å². The first-order valence-electron chi connectivity index (χ1n) is 5.62. The summed E-state index contributed by atoms with van der Waals surface area (Å²) in [7, 11) is 1.77. The Hall–Kier alpha value is -2.01. The first-order valence-corrected chi connectivity index (χ1v) is 5.99. The van der Waals surface area contributed by atoms with Crippen molar-refractivity contribution in [2.45, 2.75) is 13.5 Å². The highest BCUT2D eigenvalue weighted by Crippen LogP contribution is 2.21. The largest absolute Gasteiger partial charge is 0.485 e. The normalized spacial score (nSPS) is 10.5. The Morgan fingerprint density at radius 2 is 2.26 bits per heavy atom. The molecule has 2 rings (SSSR count). The third-order valence-corrected chi connectivity index (χ3v) is 3.10. The fourth-order valence-corrected chi connectivity index (χ4v) is 1.78. The van der Waals surface area contributed by atoms with Gasteiger partial charge in [-0.15, -0.1) is 0 Å². The van der Waals surface area contributed by atoms with E-state index in [0.717, 1.165) is 5.56 Å². The van der Waals surface area contributed by atoms with Crippen LogP contribution in [0.15, 0.2) is 24.4 Å². The smallest absolute Gasteiger partial charge is 0.339 e. The molecule has 1 aromatic heterocycles. The van der Waals surface area contributed by atoms with Crippen LogP contribution >= 0.6 is 11.6 Å². The number of hydrogen-bond donors (Lipinski definition) is 1. The van der Waals surface area contributed by atoms with Crippen molar-refractivity contribution in [2.75, 3.05) is 0 Å². The van der Waals surface area contributed by atoms with E-state index < -0.39 is 5.97 Å². The van der Waals surface area contributed by atoms with Crippen LogP contribution in [-0.2, 0) is 13.7 Å². The molecule has 0 radical (unpaired) electrons. The molecule has 0 aliphatic carbocycles. The molecule has 0 unspecified atom stereocenters. The van der Waals surface area contributed by atoms with Gasteiger partial charge in [-0.3, -0.25) is 0 Å². The molecule has 19 heavy (non-hydrogen) atoms. The van der Waals surface area contributed by atoms with Gasteiger partial charge in [-0.2, -0.15) is 0 Å². The third-order valence-electron chi connectivity index (χ3n) is 2.75. The summed E-state index contributed by atoms with van der Waals surface area (Å²) in [6.45, 7) is 1.99. The van der Waals surface area contributed by atoms with Crippen molar-refractivity contribution in [3.63, 3.8) is 0 Å². The highest BCUT2D eigenvalue weighted by molar-refractivity contribution is 6.29. The molecule has 2 aromatic rings. The minimum absolute atomic E-state index is 0.139. The van der Waals surface area contributed by atoms with E-state index in [9.17, 15) is 4.79 Å². The molecule has 0 saturated heterocycles. The van der Waals surface area contributed by atoms with Crippen LogP contribution in [-0.4, -0.2) is 20.6 Å². The molecule has 0 spiro atoms. The van der Waals surface area contributed by atoms with E-state index in [1.807, 2.05) is 6.92 Å². The van der Waals surface area contributed by atoms with Crippen LogP contribution in [0.25, 0.3) is 0 Å². The fraction of sp³-hybridized carbons (Fsp3) is 0.231. The lowest BCUT2D eigenvalue weighted by atomic mass is 10.1. The molecule has 0 amide bonds. The molecule has 100 valence electrons. The summed E-state index contributed by atoms with van der Waals surface area (Å²) in [5, 5.41) is 9.62. The number of ether oxygens (including phenoxy) is 1. The van der Waals surface area contributed by atoms with Gasteiger partial charge >= 0.3 is 5.97 Å². The minimum Gasteiger partial charge on any atom is -0.485 e. The van der Waals surface area contributed by atoms with Crippen molar-refractivity contribution in [3.05, 3.63) is 46.5 Å². The third kappa shape index (κ3) is 2.88. The molecule has 0 atom stereocenters. The number of benzene rings is 1. The second-order valence-corrected chi connectivity index (χ2v) is 4.54. The first-order chi connectivity index (χ1) is 8.99. The van der Waals surface area contributed by atoms with Crippen molar-refractivity contribution in [1.82, 2.24) is 9.55 Å². The lowest BCUT2D eigenvalue weighted by Crippen LogP contribution is -2.07. The monoisotopic (exact) mass is 280 g/mol. The summed E-state index contributed by atoms with van der Waals surface area (Å²) < 4.78 is 7.19. The van der Waals surface area contributed by atoms with E-state index in [1.165, 1.54) is 6.20 Å². The molecule has 0 aliphatic rings. The Morgan fingerprint density at radius 1 is 1.53 bits per heavy atom. The summed E-state index contributed by atoms with van der Waals surface area (Å²) in [4.78, 5) is 15.2. The molecular formula is C13H13ClN2O3. The zero-order valence-electron chi connectivity index (χ0n) is 10.6. The van der Waals surface area contributed by atoms with Crippen LogP contribution in [0.1, 0.15) is 21.7 Å². The van der Waals surface area contributed by atoms with Gasteiger partial charge in [0.1, 0.15) is 28.9 Å². The summed E-state index contributed by atoms with van der Waals surface area (Å²) in [6, 6.07) is 5.01. The summed E-state index contributed by atoms with van der Waals surface area (Å²) >= 11 is 5.86. The Bertz CT molecular complexity index is 622. The molecule has 1 heterocycles. The van der Waals surface area contributed by atoms with E-state index in [4.69, 9.17) is 21.4 Å². The SMILES string of the molecule is Cc1ccc(OCc2ncc(Cl)n2C)c(C(=O)O)c1. The van der Waals surface area contributed by atoms with E-state index in [0.29, 0.717) is 16.7 Å². The number of nitrogens with zero attached hydrogens (tertiary/aromatic N) is 2. The van der Waals surface area contributed by atoms with Gasteiger partial charge in [0.25, 0.3) is 0 Å². The minimum atomic E-state index is -1.02. The second kappa shape index (κ2) is 5.32. The maximum Gasteiger partial charge on any atom is 0.339 e. The van der Waals surface area contributed by atoms with Gasteiger partial charge in [0.15, 0.2) is 0 Å². The lowest BCUT2D eigenvalue weighted by molar-refractivity contribution is 0.0691. The van der Waals surface area contributed by atoms with Crippen LogP contribution in [0.4, 0.5) is 0 Å². The predicted molar refractivity (Wildman–Crippen MR) is 70.7 cm³/mol. The number of carboxylic acids is 1. The number of carboxylic acid groups (broad SMARTS) is 1. The maximum absolute atomic E-state index is 11.1. The molecule has 5 nitrogen and oxygen atoms in total. The van der Waals surface area contributed by atoms with Gasteiger partial charge in [0.05, 0.1) is 6.20 Å². The van der Waals surface area contributed by atoms with Crippen LogP contribution in [0.2, 0.25) is 5.15 Å². The number of halogens is 1. The highest BCUT2D eigenvalue weighted by atomic mass is 35.5. The van der Waals surface area contributed by atoms with Crippen molar-refractivity contribution < 1.29 is 14.6 Å². The Morgan fingerprint density at radius 3 is 2.84 bits per heavy atom. The lowest BCUT2D eigenvalue weighted by Gasteiger charge is -2.09. The molecule has 0 saturated carbocycles. The number of aryl methyl sites for hydroxylation is 1. The molecule has 1 N–H and O–H groups in total. The Balaban J connectivity index is 2.20. The molecular weight excluding hydrogens is 268 g/mol. The molecule has 1 aromatic carbocycles. The van der Waals surface area contributed by atoms with E-state index in [2.05, 4.69) is 4.98 Å². The zero-order valence-corrected chi connectivity index (χ0v) is 11.3. The number of aromatic nitrogens is 2. The maximum atomic E-state index is 11.1. The van der Waals surface area contributed by atoms with Gasteiger partial charge in [0, 0.05) is 7.05 Å². The molecule has 6 heteroatoms. The van der Waals surface area contributed by atoms with E-state index in [1.54, 1.807) is 29.8 Å². The van der Waals surface area contributed by atoms with Gasteiger partial charge in [-0.05, 0) is 19.1 Å². The number of imidazole rings is 1. The van der Waals surface area contributed by atoms with Crippen molar-refractivity contribution >= 4 is 17.6 Å². The highest BCUT2D eigenvalue weighted by Gasteiger charge is 2.13. The number of aromatic carboxylic acids is 1. The quantitative estimate of drug-likeness (QED) is 0.935. The van der Waals surface area contributed by atoms with Crippen molar-refractivity contribution in [1.29, 1.82) is 0 Å². The molecule has 0 fully saturated rings. The van der Waals surface area contributed by atoms with E-state index >= 15 is 0 Å². The van der Waals surface area contributed by atoms with Crippen molar-refractivity contribution in [3.8, 4) is 5.75 Å². The molecule has 0 bridgehead atoms. The van der Waals surface area contributed by atoms with Gasteiger partial charge in [-0.1, -0.05) is 23.2 Å². The van der Waals surface area contributed by atoms with Crippen LogP contribution in [0.5, 0.6) is 5.75 Å². The number of hydrogen-bond acceptors (Lipinski definition) is 3.